The van der Waals surface area contributed by atoms with Crippen molar-refractivity contribution < 1.29 is 23.5 Å². The number of methoxy groups -OCH3 is 1. The predicted octanol–water partition coefficient (Wildman–Crippen LogP) is 2.11. The second-order valence-electron chi connectivity index (χ2n) is 4.55. The van der Waals surface area contributed by atoms with Crippen molar-refractivity contribution in [2.24, 2.45) is 0 Å². The van der Waals surface area contributed by atoms with E-state index in [1.807, 2.05) is 6.92 Å². The number of rotatable bonds is 10. The third kappa shape index (κ3) is 7.08. The summed E-state index contributed by atoms with van der Waals surface area (Å²) in [5.41, 5.74) is 0. The summed E-state index contributed by atoms with van der Waals surface area (Å²) in [6.07, 6.45) is 5.48. The van der Waals surface area contributed by atoms with Crippen LogP contribution in [-0.2, 0) is 19.1 Å². The minimum absolute atomic E-state index is 0.170. The minimum Gasteiger partial charge on any atom is -0.469 e. The molecule has 6 nitrogen and oxygen atoms in total. The summed E-state index contributed by atoms with van der Waals surface area (Å²) in [6, 6.07) is 3.51. The maximum atomic E-state index is 12.2. The third-order valence-electron chi connectivity index (χ3n) is 2.98. The maximum Gasteiger partial charge on any atom is 0.307 e. The molecule has 22 heavy (non-hydrogen) atoms. The number of nitrogens with zero attached hydrogens (tertiary/aromatic N) is 1. The number of carbonyl (C=O) groups is 2. The molecule has 0 unspecified atom stereocenters. The first-order valence-electron chi connectivity index (χ1n) is 7.32. The number of carbonyl (C=O) groups excluding carboxylic acids is 2. The van der Waals surface area contributed by atoms with Crippen molar-refractivity contribution in [2.75, 3.05) is 33.4 Å². The van der Waals surface area contributed by atoms with Crippen molar-refractivity contribution in [1.29, 1.82) is 0 Å². The molecule has 0 aliphatic heterocycles. The zero-order valence-corrected chi connectivity index (χ0v) is 13.1. The lowest BCUT2D eigenvalue weighted by Gasteiger charge is -2.20. The van der Waals surface area contributed by atoms with Crippen molar-refractivity contribution in [3.8, 4) is 0 Å². The van der Waals surface area contributed by atoms with Crippen LogP contribution in [0.2, 0.25) is 0 Å². The number of amides is 1. The summed E-state index contributed by atoms with van der Waals surface area (Å²) in [5.74, 6) is 0.102. The van der Waals surface area contributed by atoms with Crippen molar-refractivity contribution in [1.82, 2.24) is 4.90 Å². The number of furan rings is 1. The lowest BCUT2D eigenvalue weighted by Crippen LogP contribution is -2.33. The molecular weight excluding hydrogens is 286 g/mol. The molecule has 0 aliphatic carbocycles. The van der Waals surface area contributed by atoms with Gasteiger partial charge >= 0.3 is 5.97 Å². The Balaban J connectivity index is 2.53. The van der Waals surface area contributed by atoms with E-state index in [0.29, 0.717) is 32.1 Å². The maximum absolute atomic E-state index is 12.2. The molecule has 6 heteroatoms. The smallest absolute Gasteiger partial charge is 0.307 e. The van der Waals surface area contributed by atoms with Crippen LogP contribution in [0.4, 0.5) is 0 Å². The van der Waals surface area contributed by atoms with E-state index in [1.54, 1.807) is 29.4 Å². The molecule has 0 fully saturated rings. The van der Waals surface area contributed by atoms with E-state index in [2.05, 4.69) is 4.74 Å². The number of esters is 1. The van der Waals surface area contributed by atoms with Crippen molar-refractivity contribution in [3.63, 3.8) is 0 Å². The fraction of sp³-hybridized carbons (Fsp3) is 0.500. The summed E-state index contributed by atoms with van der Waals surface area (Å²) in [7, 11) is 1.33. The second kappa shape index (κ2) is 10.6. The van der Waals surface area contributed by atoms with Crippen LogP contribution in [0, 0.1) is 0 Å². The average Bonchev–Trinajstić information content (AvgIpc) is 3.05. The first-order chi connectivity index (χ1) is 10.7. The fourth-order valence-corrected chi connectivity index (χ4v) is 1.81. The van der Waals surface area contributed by atoms with Gasteiger partial charge in [0.25, 0.3) is 0 Å². The van der Waals surface area contributed by atoms with Gasteiger partial charge in [-0.3, -0.25) is 9.59 Å². The molecule has 0 spiro atoms. The third-order valence-corrected chi connectivity index (χ3v) is 2.98. The molecule has 0 atom stereocenters. The topological polar surface area (TPSA) is 69.0 Å². The first-order valence-corrected chi connectivity index (χ1v) is 7.32. The lowest BCUT2D eigenvalue weighted by atomic mass is 10.3. The molecule has 0 saturated carbocycles. The van der Waals surface area contributed by atoms with Gasteiger partial charge in [0.1, 0.15) is 5.76 Å². The highest BCUT2D eigenvalue weighted by atomic mass is 16.5. The number of hydrogen-bond acceptors (Lipinski definition) is 5. The summed E-state index contributed by atoms with van der Waals surface area (Å²) in [4.78, 5) is 25.1. The van der Waals surface area contributed by atoms with E-state index in [4.69, 9.17) is 9.15 Å². The summed E-state index contributed by atoms with van der Waals surface area (Å²) in [6.45, 7) is 4.00. The molecule has 1 aromatic heterocycles. The molecule has 0 aromatic carbocycles. The Morgan fingerprint density at radius 3 is 2.82 bits per heavy atom. The molecular formula is C16H23NO5. The van der Waals surface area contributed by atoms with E-state index in [1.165, 1.54) is 13.2 Å². The number of ether oxygens (including phenoxy) is 2. The van der Waals surface area contributed by atoms with Crippen molar-refractivity contribution in [2.45, 2.75) is 19.8 Å². The van der Waals surface area contributed by atoms with E-state index in [-0.39, 0.29) is 18.3 Å². The van der Waals surface area contributed by atoms with Crippen LogP contribution in [0.25, 0.3) is 6.08 Å². The Hall–Kier alpha value is -2.08. The Kier molecular flexibility index (Phi) is 8.67. The monoisotopic (exact) mass is 309 g/mol. The van der Waals surface area contributed by atoms with Gasteiger partial charge in [-0.25, -0.2) is 0 Å². The quantitative estimate of drug-likeness (QED) is 0.376. The van der Waals surface area contributed by atoms with Gasteiger partial charge in [-0.2, -0.15) is 0 Å². The highest BCUT2D eigenvalue weighted by molar-refractivity contribution is 5.91. The van der Waals surface area contributed by atoms with Gasteiger partial charge in [0.15, 0.2) is 0 Å². The van der Waals surface area contributed by atoms with E-state index < -0.39 is 0 Å². The Bertz CT molecular complexity index is 467. The summed E-state index contributed by atoms with van der Waals surface area (Å²) >= 11 is 0. The van der Waals surface area contributed by atoms with Gasteiger partial charge in [-0.15, -0.1) is 0 Å². The highest BCUT2D eigenvalue weighted by Crippen LogP contribution is 2.04. The molecule has 0 aliphatic rings. The van der Waals surface area contributed by atoms with Crippen molar-refractivity contribution in [3.05, 3.63) is 30.2 Å². The van der Waals surface area contributed by atoms with E-state index >= 15 is 0 Å². The van der Waals surface area contributed by atoms with Gasteiger partial charge < -0.3 is 18.8 Å². The van der Waals surface area contributed by atoms with Gasteiger partial charge in [0, 0.05) is 32.4 Å². The van der Waals surface area contributed by atoms with Gasteiger partial charge in [-0.05, 0) is 31.6 Å². The summed E-state index contributed by atoms with van der Waals surface area (Å²) < 4.78 is 15.0. The molecule has 0 bridgehead atoms. The Morgan fingerprint density at radius 1 is 1.36 bits per heavy atom. The molecule has 0 N–H and O–H groups in total. The van der Waals surface area contributed by atoms with Gasteiger partial charge in [0.2, 0.25) is 5.91 Å². The number of hydrogen-bond donors (Lipinski definition) is 0. The standard InChI is InChI=1S/C16H23NO5/c1-3-21-12-5-10-17(11-9-16(19)20-2)15(18)8-7-14-6-4-13-22-14/h4,6-8,13H,3,5,9-12H2,1-2H3/b8-7+. The normalized spacial score (nSPS) is 10.8. The van der Waals surface area contributed by atoms with Crippen LogP contribution < -0.4 is 0 Å². The fourth-order valence-electron chi connectivity index (χ4n) is 1.81. The minimum atomic E-state index is -0.336. The highest BCUT2D eigenvalue weighted by Gasteiger charge is 2.13. The Labute approximate surface area is 130 Å². The summed E-state index contributed by atoms with van der Waals surface area (Å²) in [5, 5.41) is 0. The Morgan fingerprint density at radius 2 is 2.18 bits per heavy atom. The predicted molar refractivity (Wildman–Crippen MR) is 82.1 cm³/mol. The van der Waals surface area contributed by atoms with Crippen LogP contribution in [0.3, 0.4) is 0 Å². The van der Waals surface area contributed by atoms with E-state index in [9.17, 15) is 9.59 Å². The van der Waals surface area contributed by atoms with Gasteiger partial charge in [0.05, 0.1) is 19.8 Å². The van der Waals surface area contributed by atoms with Crippen LogP contribution in [0.15, 0.2) is 28.9 Å². The zero-order chi connectivity index (χ0) is 16.2. The molecule has 1 aromatic rings. The molecule has 1 heterocycles. The average molecular weight is 309 g/mol. The molecule has 122 valence electrons. The second-order valence-corrected chi connectivity index (χ2v) is 4.55. The molecule has 0 saturated heterocycles. The van der Waals surface area contributed by atoms with Crippen molar-refractivity contribution >= 4 is 18.0 Å². The SMILES string of the molecule is CCOCCCN(CCC(=O)OC)C(=O)/C=C/c1ccco1. The molecule has 0 radical (unpaired) electrons. The van der Waals surface area contributed by atoms with Crippen LogP contribution >= 0.6 is 0 Å². The van der Waals surface area contributed by atoms with Crippen LogP contribution in [0.5, 0.6) is 0 Å². The zero-order valence-electron chi connectivity index (χ0n) is 13.1. The largest absolute Gasteiger partial charge is 0.469 e. The van der Waals surface area contributed by atoms with Crippen LogP contribution in [-0.4, -0.2) is 50.2 Å². The van der Waals surface area contributed by atoms with Gasteiger partial charge in [-0.1, -0.05) is 0 Å². The lowest BCUT2D eigenvalue weighted by molar-refractivity contribution is -0.141. The van der Waals surface area contributed by atoms with E-state index in [0.717, 1.165) is 6.42 Å². The first kappa shape index (κ1) is 18.0. The van der Waals surface area contributed by atoms with Crippen LogP contribution in [0.1, 0.15) is 25.5 Å². The molecule has 1 rings (SSSR count). The molecule has 1 amide bonds.